The van der Waals surface area contributed by atoms with E-state index < -0.39 is 0 Å². The molecule has 27 heavy (non-hydrogen) atoms. The number of carbonyl (C=O) groups excluding carboxylic acids is 1. The summed E-state index contributed by atoms with van der Waals surface area (Å²) in [5, 5.41) is 1.05. The lowest BCUT2D eigenvalue weighted by Crippen LogP contribution is -2.49. The van der Waals surface area contributed by atoms with Crippen LogP contribution in [0.1, 0.15) is 17.5 Å². The van der Waals surface area contributed by atoms with Crippen LogP contribution in [0.5, 0.6) is 5.75 Å². The number of benzene rings is 1. The van der Waals surface area contributed by atoms with E-state index >= 15 is 0 Å². The molecule has 1 aromatic carbocycles. The molecule has 0 saturated carbocycles. The van der Waals surface area contributed by atoms with E-state index in [4.69, 9.17) is 27.9 Å². The molecule has 2 heterocycles. The summed E-state index contributed by atoms with van der Waals surface area (Å²) in [4.78, 5) is 20.7. The number of pyridine rings is 1. The number of piperazine rings is 1. The van der Waals surface area contributed by atoms with Gasteiger partial charge in [0.1, 0.15) is 11.6 Å². The highest BCUT2D eigenvalue weighted by Crippen LogP contribution is 2.26. The molecule has 2 aromatic rings. The van der Waals surface area contributed by atoms with Gasteiger partial charge in [-0.25, -0.2) is 4.98 Å². The summed E-state index contributed by atoms with van der Waals surface area (Å²) < 4.78 is 5.75. The Balaban J connectivity index is 1.47. The van der Waals surface area contributed by atoms with Gasteiger partial charge in [-0.1, -0.05) is 29.3 Å². The van der Waals surface area contributed by atoms with E-state index in [0.717, 1.165) is 16.9 Å². The van der Waals surface area contributed by atoms with Gasteiger partial charge in [0.25, 0.3) is 0 Å². The van der Waals surface area contributed by atoms with Crippen molar-refractivity contribution in [3.8, 4) is 5.75 Å². The minimum absolute atomic E-state index is 0.106. The molecule has 0 radical (unpaired) electrons. The number of nitrogens with zero attached hydrogens (tertiary/aromatic N) is 3. The van der Waals surface area contributed by atoms with Gasteiger partial charge in [-0.15, -0.1) is 0 Å². The van der Waals surface area contributed by atoms with Crippen LogP contribution in [0.2, 0.25) is 10.0 Å². The van der Waals surface area contributed by atoms with Crippen LogP contribution in [0.4, 0.5) is 5.82 Å². The molecular formula is C20H23Cl2N3O2. The summed E-state index contributed by atoms with van der Waals surface area (Å²) in [6, 6.07) is 7.75. The Kier molecular flexibility index (Phi) is 6.45. The molecule has 3 rings (SSSR count). The van der Waals surface area contributed by atoms with E-state index in [1.807, 2.05) is 30.9 Å². The molecule has 0 bridgehead atoms. The van der Waals surface area contributed by atoms with Crippen LogP contribution >= 0.6 is 23.2 Å². The highest BCUT2D eigenvalue weighted by Gasteiger charge is 2.23. The minimum atomic E-state index is 0.106. The number of hydrogen-bond donors (Lipinski definition) is 0. The number of amides is 1. The van der Waals surface area contributed by atoms with Crippen molar-refractivity contribution in [2.24, 2.45) is 0 Å². The third-order valence-corrected chi connectivity index (χ3v) is 4.98. The van der Waals surface area contributed by atoms with Crippen LogP contribution in [0, 0.1) is 13.8 Å². The van der Waals surface area contributed by atoms with Crippen molar-refractivity contribution in [3.63, 3.8) is 0 Å². The van der Waals surface area contributed by atoms with Crippen LogP contribution in [-0.2, 0) is 4.79 Å². The summed E-state index contributed by atoms with van der Waals surface area (Å²) >= 11 is 12.1. The summed E-state index contributed by atoms with van der Waals surface area (Å²) in [7, 11) is 0. The Hall–Kier alpha value is -1.98. The maximum Gasteiger partial charge on any atom is 0.226 e. The third kappa shape index (κ3) is 5.27. The number of carbonyl (C=O) groups is 1. The number of halogens is 2. The van der Waals surface area contributed by atoms with Gasteiger partial charge in [0.2, 0.25) is 5.91 Å². The number of rotatable bonds is 5. The fourth-order valence-corrected chi connectivity index (χ4v) is 3.74. The van der Waals surface area contributed by atoms with Crippen LogP contribution < -0.4 is 9.64 Å². The lowest BCUT2D eigenvalue weighted by Gasteiger charge is -2.35. The van der Waals surface area contributed by atoms with Crippen molar-refractivity contribution in [2.75, 3.05) is 37.7 Å². The first-order chi connectivity index (χ1) is 12.9. The standard InChI is InChI=1S/C20H23Cl2N3O2/c1-14-9-15(2)11-17(10-14)27-8-3-19(26)24-4-6-25(7-5-24)20-18(22)12-16(21)13-23-20/h9-13H,3-8H2,1-2H3. The Morgan fingerprint density at radius 3 is 2.37 bits per heavy atom. The normalized spacial score (nSPS) is 14.4. The minimum Gasteiger partial charge on any atom is -0.493 e. The van der Waals surface area contributed by atoms with Crippen LogP contribution in [0.3, 0.4) is 0 Å². The van der Waals surface area contributed by atoms with Crippen molar-refractivity contribution in [1.29, 1.82) is 0 Å². The van der Waals surface area contributed by atoms with Crippen molar-refractivity contribution >= 4 is 34.9 Å². The summed E-state index contributed by atoms with van der Waals surface area (Å²) in [6.07, 6.45) is 1.96. The van der Waals surface area contributed by atoms with Gasteiger partial charge in [0.15, 0.2) is 0 Å². The number of hydrogen-bond acceptors (Lipinski definition) is 4. The van der Waals surface area contributed by atoms with E-state index in [1.54, 1.807) is 12.3 Å². The van der Waals surface area contributed by atoms with Gasteiger partial charge in [0.05, 0.1) is 23.1 Å². The zero-order valence-electron chi connectivity index (χ0n) is 15.5. The molecule has 0 atom stereocenters. The zero-order chi connectivity index (χ0) is 19.4. The fraction of sp³-hybridized carbons (Fsp3) is 0.400. The molecule has 0 N–H and O–H groups in total. The van der Waals surface area contributed by atoms with Crippen molar-refractivity contribution in [3.05, 3.63) is 51.6 Å². The molecule has 0 spiro atoms. The van der Waals surface area contributed by atoms with Gasteiger partial charge in [-0.2, -0.15) is 0 Å². The van der Waals surface area contributed by atoms with Gasteiger partial charge in [0, 0.05) is 32.4 Å². The van der Waals surface area contributed by atoms with E-state index in [1.165, 1.54) is 0 Å². The number of aromatic nitrogens is 1. The molecule has 1 aliphatic rings. The van der Waals surface area contributed by atoms with Crippen LogP contribution in [-0.4, -0.2) is 48.6 Å². The van der Waals surface area contributed by atoms with E-state index in [2.05, 4.69) is 16.0 Å². The van der Waals surface area contributed by atoms with Crippen LogP contribution in [0.25, 0.3) is 0 Å². The average Bonchev–Trinajstić information content (AvgIpc) is 2.61. The molecule has 1 saturated heterocycles. The Morgan fingerprint density at radius 1 is 1.07 bits per heavy atom. The maximum atomic E-state index is 12.4. The van der Waals surface area contributed by atoms with Gasteiger partial charge in [-0.05, 0) is 43.2 Å². The largest absolute Gasteiger partial charge is 0.493 e. The number of ether oxygens (including phenoxy) is 1. The lowest BCUT2D eigenvalue weighted by atomic mass is 10.1. The molecule has 1 fully saturated rings. The second-order valence-corrected chi connectivity index (χ2v) is 7.59. The number of anilines is 1. The fourth-order valence-electron chi connectivity index (χ4n) is 3.24. The van der Waals surface area contributed by atoms with E-state index in [-0.39, 0.29) is 5.91 Å². The first-order valence-electron chi connectivity index (χ1n) is 8.97. The quantitative estimate of drug-likeness (QED) is 0.747. The van der Waals surface area contributed by atoms with Gasteiger partial charge < -0.3 is 14.5 Å². The molecule has 5 nitrogen and oxygen atoms in total. The molecule has 0 aliphatic carbocycles. The maximum absolute atomic E-state index is 12.4. The Labute approximate surface area is 169 Å². The highest BCUT2D eigenvalue weighted by atomic mass is 35.5. The second kappa shape index (κ2) is 8.81. The predicted molar refractivity (Wildman–Crippen MR) is 109 cm³/mol. The lowest BCUT2D eigenvalue weighted by molar-refractivity contribution is -0.132. The second-order valence-electron chi connectivity index (χ2n) is 6.75. The zero-order valence-corrected chi connectivity index (χ0v) is 17.1. The third-order valence-electron chi connectivity index (χ3n) is 4.50. The van der Waals surface area contributed by atoms with E-state index in [9.17, 15) is 4.79 Å². The number of aryl methyl sites for hydroxylation is 2. The van der Waals surface area contributed by atoms with Crippen molar-refractivity contribution < 1.29 is 9.53 Å². The SMILES string of the molecule is Cc1cc(C)cc(OCCC(=O)N2CCN(c3ncc(Cl)cc3Cl)CC2)c1. The van der Waals surface area contributed by atoms with Crippen LogP contribution in [0.15, 0.2) is 30.5 Å². The van der Waals surface area contributed by atoms with Gasteiger partial charge in [-0.3, -0.25) is 4.79 Å². The molecule has 1 aliphatic heterocycles. The first-order valence-corrected chi connectivity index (χ1v) is 9.73. The first kappa shape index (κ1) is 19.8. The molecule has 0 unspecified atom stereocenters. The van der Waals surface area contributed by atoms with Crippen molar-refractivity contribution in [2.45, 2.75) is 20.3 Å². The summed E-state index contributed by atoms with van der Waals surface area (Å²) in [6.45, 7) is 7.12. The van der Waals surface area contributed by atoms with Gasteiger partial charge >= 0.3 is 0 Å². The molecule has 144 valence electrons. The average molecular weight is 408 g/mol. The molecule has 1 aromatic heterocycles. The molecule has 1 amide bonds. The summed E-state index contributed by atoms with van der Waals surface area (Å²) in [5.41, 5.74) is 2.31. The molecular weight excluding hydrogens is 385 g/mol. The summed E-state index contributed by atoms with van der Waals surface area (Å²) in [5.74, 6) is 1.63. The monoisotopic (exact) mass is 407 g/mol. The Morgan fingerprint density at radius 2 is 1.74 bits per heavy atom. The topological polar surface area (TPSA) is 45.7 Å². The van der Waals surface area contributed by atoms with Crippen molar-refractivity contribution in [1.82, 2.24) is 9.88 Å². The molecule has 7 heteroatoms. The van der Waals surface area contributed by atoms with E-state index in [0.29, 0.717) is 55.1 Å². The predicted octanol–water partition coefficient (Wildman–Crippen LogP) is 4.12. The smallest absolute Gasteiger partial charge is 0.226 e. The Bertz CT molecular complexity index is 801. The highest BCUT2D eigenvalue weighted by molar-refractivity contribution is 6.36.